The first-order valence-electron chi connectivity index (χ1n) is 15.0. The first kappa shape index (κ1) is 33.1. The SMILES string of the molecule is O=C([C@H](Cc1ccccc1)N(Cc1ccc(Br)nc1)C(=O)C=Cc1ccc(C(F)(F)F)cc1)N1CCN(Cc2ccccc2)CC1. The number of alkyl halides is 3. The maximum atomic E-state index is 14.3. The van der Waals surface area contributed by atoms with Gasteiger partial charge in [0.05, 0.1) is 5.56 Å². The lowest BCUT2D eigenvalue weighted by Crippen LogP contribution is -2.56. The second-order valence-corrected chi connectivity index (χ2v) is 12.0. The Labute approximate surface area is 275 Å². The van der Waals surface area contributed by atoms with Gasteiger partial charge in [-0.15, -0.1) is 0 Å². The summed E-state index contributed by atoms with van der Waals surface area (Å²) in [6.07, 6.45) is 0.287. The molecule has 6 nitrogen and oxygen atoms in total. The summed E-state index contributed by atoms with van der Waals surface area (Å²) < 4.78 is 39.8. The number of piperazine rings is 1. The molecule has 1 saturated heterocycles. The number of hydrogen-bond donors (Lipinski definition) is 0. The highest BCUT2D eigenvalue weighted by Gasteiger charge is 2.34. The number of nitrogens with zero attached hydrogens (tertiary/aromatic N) is 4. The number of halogens is 4. The highest BCUT2D eigenvalue weighted by Crippen LogP contribution is 2.29. The van der Waals surface area contributed by atoms with Crippen molar-refractivity contribution in [2.24, 2.45) is 0 Å². The minimum absolute atomic E-state index is 0.119. The topological polar surface area (TPSA) is 56.8 Å². The average Bonchev–Trinajstić information content (AvgIpc) is 3.07. The number of pyridine rings is 1. The average molecular weight is 692 g/mol. The summed E-state index contributed by atoms with van der Waals surface area (Å²) >= 11 is 3.34. The van der Waals surface area contributed by atoms with E-state index < -0.39 is 23.7 Å². The molecule has 1 fully saturated rings. The molecule has 4 aromatic rings. The zero-order chi connectivity index (χ0) is 32.5. The molecule has 0 unspecified atom stereocenters. The zero-order valence-corrected chi connectivity index (χ0v) is 26.7. The van der Waals surface area contributed by atoms with Crippen LogP contribution in [-0.2, 0) is 35.3 Å². The van der Waals surface area contributed by atoms with Gasteiger partial charge in [-0.2, -0.15) is 13.2 Å². The van der Waals surface area contributed by atoms with E-state index in [0.29, 0.717) is 42.8 Å². The molecule has 3 aromatic carbocycles. The second-order valence-electron chi connectivity index (χ2n) is 11.2. The summed E-state index contributed by atoms with van der Waals surface area (Å²) in [7, 11) is 0. The fourth-order valence-electron chi connectivity index (χ4n) is 5.43. The second kappa shape index (κ2) is 15.3. The Bertz CT molecular complexity index is 1610. The Kier molecular flexibility index (Phi) is 11.0. The maximum Gasteiger partial charge on any atom is 0.416 e. The zero-order valence-electron chi connectivity index (χ0n) is 25.1. The number of aromatic nitrogens is 1. The predicted molar refractivity (Wildman–Crippen MR) is 175 cm³/mol. The van der Waals surface area contributed by atoms with Crippen molar-refractivity contribution in [1.82, 2.24) is 19.7 Å². The quantitative estimate of drug-likeness (QED) is 0.135. The van der Waals surface area contributed by atoms with Crippen molar-refractivity contribution < 1.29 is 22.8 Å². The standard InChI is InChI=1S/C36H34BrF3N4O2/c37-33-17-13-30(24-41-33)26-44(34(45)18-14-27-11-15-31(16-12-27)36(38,39)40)32(23-28-7-3-1-4-8-28)35(46)43-21-19-42(20-22-43)25-29-9-5-2-6-10-29/h1-18,24,32H,19-23,25-26H2/t32-/m0/s1. The van der Waals surface area contributed by atoms with Gasteiger partial charge in [-0.3, -0.25) is 14.5 Å². The van der Waals surface area contributed by atoms with E-state index >= 15 is 0 Å². The van der Waals surface area contributed by atoms with Gasteiger partial charge in [0.15, 0.2) is 0 Å². The van der Waals surface area contributed by atoms with Gasteiger partial charge in [-0.1, -0.05) is 78.9 Å². The molecule has 46 heavy (non-hydrogen) atoms. The molecule has 0 aliphatic carbocycles. The fourth-order valence-corrected chi connectivity index (χ4v) is 5.67. The third-order valence-corrected chi connectivity index (χ3v) is 8.42. The van der Waals surface area contributed by atoms with Crippen LogP contribution in [0, 0.1) is 0 Å². The van der Waals surface area contributed by atoms with Crippen LogP contribution in [0.15, 0.2) is 114 Å². The predicted octanol–water partition coefficient (Wildman–Crippen LogP) is 6.86. The number of benzene rings is 3. The van der Waals surface area contributed by atoms with Gasteiger partial charge in [0.2, 0.25) is 11.8 Å². The summed E-state index contributed by atoms with van der Waals surface area (Å²) in [5, 5.41) is 0. The Hall–Kier alpha value is -4.28. The van der Waals surface area contributed by atoms with E-state index in [1.54, 1.807) is 12.3 Å². The van der Waals surface area contributed by atoms with E-state index in [0.717, 1.165) is 29.8 Å². The van der Waals surface area contributed by atoms with E-state index in [-0.39, 0.29) is 12.5 Å². The smallest absolute Gasteiger partial charge is 0.338 e. The van der Waals surface area contributed by atoms with Crippen LogP contribution in [0.5, 0.6) is 0 Å². The fraction of sp³-hybridized carbons (Fsp3) is 0.250. The Morgan fingerprint density at radius 2 is 1.46 bits per heavy atom. The van der Waals surface area contributed by atoms with E-state index in [1.807, 2.05) is 59.5 Å². The molecule has 0 bridgehead atoms. The Balaban J connectivity index is 1.40. The molecule has 10 heteroatoms. The summed E-state index contributed by atoms with van der Waals surface area (Å²) in [5.74, 6) is -0.579. The van der Waals surface area contributed by atoms with Crippen LogP contribution < -0.4 is 0 Å². The minimum Gasteiger partial charge on any atom is -0.338 e. The van der Waals surface area contributed by atoms with Crippen LogP contribution in [0.1, 0.15) is 27.8 Å². The van der Waals surface area contributed by atoms with E-state index in [9.17, 15) is 22.8 Å². The van der Waals surface area contributed by atoms with E-state index in [1.165, 1.54) is 34.7 Å². The van der Waals surface area contributed by atoms with Gasteiger partial charge in [-0.05, 0) is 62.5 Å². The van der Waals surface area contributed by atoms with Crippen molar-refractivity contribution in [2.45, 2.75) is 31.7 Å². The molecule has 2 amide bonds. The number of carbonyl (C=O) groups is 2. The highest BCUT2D eigenvalue weighted by atomic mass is 79.9. The van der Waals surface area contributed by atoms with Crippen molar-refractivity contribution in [3.05, 3.63) is 142 Å². The molecule has 0 saturated carbocycles. The van der Waals surface area contributed by atoms with Gasteiger partial charge >= 0.3 is 6.18 Å². The lowest BCUT2D eigenvalue weighted by atomic mass is 10.0. The highest BCUT2D eigenvalue weighted by molar-refractivity contribution is 9.10. The van der Waals surface area contributed by atoms with Gasteiger partial charge in [0.25, 0.3) is 0 Å². The Morgan fingerprint density at radius 3 is 2.04 bits per heavy atom. The molecule has 0 spiro atoms. The van der Waals surface area contributed by atoms with Crippen molar-refractivity contribution in [3.8, 4) is 0 Å². The van der Waals surface area contributed by atoms with Crippen molar-refractivity contribution in [1.29, 1.82) is 0 Å². The summed E-state index contributed by atoms with van der Waals surface area (Å²) in [6, 6.07) is 27.1. The van der Waals surface area contributed by atoms with Crippen LogP contribution in [-0.4, -0.2) is 63.7 Å². The summed E-state index contributed by atoms with van der Waals surface area (Å²) in [5.41, 5.74) is 2.52. The Morgan fingerprint density at radius 1 is 0.826 bits per heavy atom. The first-order valence-corrected chi connectivity index (χ1v) is 15.8. The van der Waals surface area contributed by atoms with Gasteiger partial charge in [0.1, 0.15) is 10.6 Å². The lowest BCUT2D eigenvalue weighted by molar-refractivity contribution is -0.145. The van der Waals surface area contributed by atoms with Gasteiger partial charge in [-0.25, -0.2) is 4.98 Å². The number of hydrogen-bond acceptors (Lipinski definition) is 4. The van der Waals surface area contributed by atoms with Gasteiger partial charge in [0, 0.05) is 58.0 Å². The first-order chi connectivity index (χ1) is 22.2. The molecule has 0 radical (unpaired) electrons. The lowest BCUT2D eigenvalue weighted by Gasteiger charge is -2.39. The molecular weight excluding hydrogens is 657 g/mol. The largest absolute Gasteiger partial charge is 0.416 e. The molecule has 2 heterocycles. The van der Waals surface area contributed by atoms with Crippen LogP contribution in [0.3, 0.4) is 0 Å². The number of amides is 2. The van der Waals surface area contributed by atoms with Crippen LogP contribution in [0.25, 0.3) is 6.08 Å². The van der Waals surface area contributed by atoms with Crippen LogP contribution >= 0.6 is 15.9 Å². The molecule has 238 valence electrons. The maximum absolute atomic E-state index is 14.3. The normalized spacial score (nSPS) is 14.7. The molecule has 1 aliphatic rings. The summed E-state index contributed by atoms with van der Waals surface area (Å²) in [4.78, 5) is 38.2. The van der Waals surface area contributed by atoms with Gasteiger partial charge < -0.3 is 9.80 Å². The van der Waals surface area contributed by atoms with Crippen LogP contribution in [0.2, 0.25) is 0 Å². The summed E-state index contributed by atoms with van der Waals surface area (Å²) in [6.45, 7) is 3.38. The molecular formula is C36H34BrF3N4O2. The molecule has 1 aromatic heterocycles. The molecule has 1 atom stereocenters. The number of carbonyl (C=O) groups excluding carboxylic acids is 2. The number of rotatable bonds is 10. The molecule has 5 rings (SSSR count). The molecule has 0 N–H and O–H groups in total. The monoisotopic (exact) mass is 690 g/mol. The third-order valence-electron chi connectivity index (χ3n) is 7.95. The molecule has 1 aliphatic heterocycles. The van der Waals surface area contributed by atoms with E-state index in [4.69, 9.17) is 0 Å². The van der Waals surface area contributed by atoms with Crippen molar-refractivity contribution in [2.75, 3.05) is 26.2 Å². The van der Waals surface area contributed by atoms with Crippen molar-refractivity contribution in [3.63, 3.8) is 0 Å². The third kappa shape index (κ3) is 9.14. The minimum atomic E-state index is -4.45. The van der Waals surface area contributed by atoms with E-state index in [2.05, 4.69) is 37.9 Å². The van der Waals surface area contributed by atoms with Crippen LogP contribution in [0.4, 0.5) is 13.2 Å². The van der Waals surface area contributed by atoms with Crippen molar-refractivity contribution >= 4 is 33.8 Å².